The first-order chi connectivity index (χ1) is 14.2. The van der Waals surface area contributed by atoms with Gasteiger partial charge in [-0.25, -0.2) is 8.42 Å². The molecule has 3 aromatic rings. The minimum Gasteiger partial charge on any atom is -0.322 e. The van der Waals surface area contributed by atoms with Crippen LogP contribution in [0.15, 0.2) is 65.6 Å². The van der Waals surface area contributed by atoms with E-state index in [1.54, 1.807) is 25.1 Å². The lowest BCUT2D eigenvalue weighted by Gasteiger charge is -2.14. The molecule has 1 amide bonds. The van der Waals surface area contributed by atoms with Gasteiger partial charge in [-0.15, -0.1) is 0 Å². The normalized spacial score (nSPS) is 11.2. The van der Waals surface area contributed by atoms with Gasteiger partial charge in [0, 0.05) is 11.3 Å². The Bertz CT molecular complexity index is 1180. The molecular formula is C24H26N2O3S. The van der Waals surface area contributed by atoms with Gasteiger partial charge in [-0.05, 0) is 74.2 Å². The molecule has 3 aromatic carbocycles. The first-order valence-corrected chi connectivity index (χ1v) is 11.3. The molecule has 0 spiro atoms. The van der Waals surface area contributed by atoms with Crippen LogP contribution < -0.4 is 10.0 Å². The van der Waals surface area contributed by atoms with E-state index in [-0.39, 0.29) is 16.4 Å². The van der Waals surface area contributed by atoms with Crippen LogP contribution in [-0.4, -0.2) is 14.3 Å². The van der Waals surface area contributed by atoms with E-state index < -0.39 is 10.0 Å². The molecule has 3 rings (SSSR count). The minimum absolute atomic E-state index is 0.0801. The Kier molecular flexibility index (Phi) is 6.27. The lowest BCUT2D eigenvalue weighted by Crippen LogP contribution is -2.17. The zero-order valence-corrected chi connectivity index (χ0v) is 18.4. The summed E-state index contributed by atoms with van der Waals surface area (Å²) >= 11 is 0. The van der Waals surface area contributed by atoms with Gasteiger partial charge in [0.05, 0.1) is 10.6 Å². The van der Waals surface area contributed by atoms with E-state index in [0.717, 1.165) is 17.5 Å². The highest BCUT2D eigenvalue weighted by Crippen LogP contribution is 2.24. The van der Waals surface area contributed by atoms with E-state index in [4.69, 9.17) is 0 Å². The van der Waals surface area contributed by atoms with Crippen molar-refractivity contribution in [3.05, 3.63) is 88.5 Å². The largest absolute Gasteiger partial charge is 0.322 e. The Morgan fingerprint density at radius 1 is 0.867 bits per heavy atom. The number of nitrogens with one attached hydrogen (secondary N) is 2. The third-order valence-electron chi connectivity index (χ3n) is 4.99. The Labute approximate surface area is 178 Å². The van der Waals surface area contributed by atoms with Crippen LogP contribution >= 0.6 is 0 Å². The maximum absolute atomic E-state index is 13.0. The Morgan fingerprint density at radius 2 is 1.57 bits per heavy atom. The monoisotopic (exact) mass is 422 g/mol. The van der Waals surface area contributed by atoms with Gasteiger partial charge >= 0.3 is 0 Å². The van der Waals surface area contributed by atoms with Crippen molar-refractivity contribution < 1.29 is 13.2 Å². The number of benzene rings is 3. The van der Waals surface area contributed by atoms with Crippen LogP contribution in [0, 0.1) is 20.8 Å². The molecule has 0 heterocycles. The fourth-order valence-electron chi connectivity index (χ4n) is 3.19. The average molecular weight is 423 g/mol. The molecule has 2 N–H and O–H groups in total. The Balaban J connectivity index is 1.86. The summed E-state index contributed by atoms with van der Waals surface area (Å²) in [7, 11) is -3.85. The van der Waals surface area contributed by atoms with E-state index in [0.29, 0.717) is 16.9 Å². The number of aryl methyl sites for hydroxylation is 4. The molecule has 156 valence electrons. The van der Waals surface area contributed by atoms with Crippen LogP contribution in [0.2, 0.25) is 0 Å². The van der Waals surface area contributed by atoms with Crippen molar-refractivity contribution in [2.45, 2.75) is 39.0 Å². The Morgan fingerprint density at radius 3 is 2.20 bits per heavy atom. The summed E-state index contributed by atoms with van der Waals surface area (Å²) in [6, 6.07) is 17.8. The van der Waals surface area contributed by atoms with Crippen molar-refractivity contribution in [2.75, 3.05) is 10.0 Å². The second-order valence-electron chi connectivity index (χ2n) is 7.41. The quantitative estimate of drug-likeness (QED) is 0.571. The molecule has 0 saturated carbocycles. The van der Waals surface area contributed by atoms with Crippen LogP contribution in [-0.2, 0) is 16.4 Å². The van der Waals surface area contributed by atoms with E-state index in [1.165, 1.54) is 11.6 Å². The first-order valence-electron chi connectivity index (χ1n) is 9.80. The number of anilines is 2. The highest BCUT2D eigenvalue weighted by atomic mass is 32.2. The van der Waals surface area contributed by atoms with Crippen molar-refractivity contribution in [1.82, 2.24) is 0 Å². The van der Waals surface area contributed by atoms with Crippen molar-refractivity contribution in [2.24, 2.45) is 0 Å². The van der Waals surface area contributed by atoms with Crippen LogP contribution in [0.5, 0.6) is 0 Å². The maximum atomic E-state index is 13.0. The van der Waals surface area contributed by atoms with Gasteiger partial charge in [-0.1, -0.05) is 42.8 Å². The molecule has 0 aliphatic rings. The van der Waals surface area contributed by atoms with Gasteiger partial charge < -0.3 is 5.32 Å². The van der Waals surface area contributed by atoms with Crippen LogP contribution in [0.25, 0.3) is 0 Å². The zero-order chi connectivity index (χ0) is 21.9. The molecule has 0 saturated heterocycles. The summed E-state index contributed by atoms with van der Waals surface area (Å²) in [6.07, 6.45) is 0.918. The number of carbonyl (C=O) groups is 1. The highest BCUT2D eigenvalue weighted by Gasteiger charge is 2.20. The van der Waals surface area contributed by atoms with Crippen LogP contribution in [0.4, 0.5) is 11.4 Å². The molecule has 0 aromatic heterocycles. The smallest absolute Gasteiger partial charge is 0.262 e. The van der Waals surface area contributed by atoms with Crippen molar-refractivity contribution in [3.8, 4) is 0 Å². The molecule has 6 heteroatoms. The highest BCUT2D eigenvalue weighted by molar-refractivity contribution is 7.92. The number of carbonyl (C=O) groups excluding carboxylic acids is 1. The molecular weight excluding hydrogens is 396 g/mol. The topological polar surface area (TPSA) is 75.3 Å². The second kappa shape index (κ2) is 8.71. The van der Waals surface area contributed by atoms with Crippen molar-refractivity contribution in [3.63, 3.8) is 0 Å². The summed E-state index contributed by atoms with van der Waals surface area (Å²) in [6.45, 7) is 7.58. The molecule has 0 unspecified atom stereocenters. The number of hydrogen-bond donors (Lipinski definition) is 2. The van der Waals surface area contributed by atoms with E-state index in [9.17, 15) is 13.2 Å². The minimum atomic E-state index is -3.85. The predicted octanol–water partition coefficient (Wildman–Crippen LogP) is 5.23. The summed E-state index contributed by atoms with van der Waals surface area (Å²) in [5.74, 6) is -0.359. The lowest BCUT2D eigenvalue weighted by molar-refractivity contribution is 0.102. The van der Waals surface area contributed by atoms with Crippen molar-refractivity contribution >= 4 is 27.3 Å². The van der Waals surface area contributed by atoms with Gasteiger partial charge in [0.1, 0.15) is 0 Å². The third kappa shape index (κ3) is 4.89. The summed E-state index contributed by atoms with van der Waals surface area (Å²) in [5.41, 5.74) is 5.09. The number of hydrogen-bond acceptors (Lipinski definition) is 3. The Hall–Kier alpha value is -3.12. The number of rotatable bonds is 6. The molecule has 30 heavy (non-hydrogen) atoms. The standard InChI is InChI=1S/C24H26N2O3S/c1-5-19-8-11-21(12-9-19)25-24(27)20-10-7-17(3)23(15-20)30(28,29)26-22-13-6-16(2)14-18(22)4/h6-15,26H,5H2,1-4H3,(H,25,27). The average Bonchev–Trinajstić information content (AvgIpc) is 2.71. The molecule has 0 bridgehead atoms. The number of amides is 1. The summed E-state index contributed by atoms with van der Waals surface area (Å²) < 4.78 is 28.7. The van der Waals surface area contributed by atoms with E-state index in [1.807, 2.05) is 50.2 Å². The van der Waals surface area contributed by atoms with Crippen molar-refractivity contribution in [1.29, 1.82) is 0 Å². The molecule has 0 fully saturated rings. The molecule has 0 atom stereocenters. The molecule has 0 aliphatic carbocycles. The van der Waals surface area contributed by atoms with Crippen LogP contribution in [0.3, 0.4) is 0 Å². The van der Waals surface area contributed by atoms with Gasteiger partial charge in [-0.3, -0.25) is 9.52 Å². The van der Waals surface area contributed by atoms with E-state index >= 15 is 0 Å². The van der Waals surface area contributed by atoms with Gasteiger partial charge in [0.15, 0.2) is 0 Å². The lowest BCUT2D eigenvalue weighted by atomic mass is 10.1. The maximum Gasteiger partial charge on any atom is 0.262 e. The van der Waals surface area contributed by atoms with Gasteiger partial charge in [0.2, 0.25) is 0 Å². The summed E-state index contributed by atoms with van der Waals surface area (Å²) in [5, 5.41) is 2.82. The molecule has 0 aliphatic heterocycles. The summed E-state index contributed by atoms with van der Waals surface area (Å²) in [4.78, 5) is 12.8. The molecule has 0 radical (unpaired) electrons. The zero-order valence-electron chi connectivity index (χ0n) is 17.6. The number of sulfonamides is 1. The van der Waals surface area contributed by atoms with E-state index in [2.05, 4.69) is 17.0 Å². The predicted molar refractivity (Wildman–Crippen MR) is 122 cm³/mol. The van der Waals surface area contributed by atoms with Crippen LogP contribution in [0.1, 0.15) is 39.5 Å². The SMILES string of the molecule is CCc1ccc(NC(=O)c2ccc(C)c(S(=O)(=O)Nc3ccc(C)cc3C)c2)cc1. The third-order valence-corrected chi connectivity index (χ3v) is 6.49. The van der Waals surface area contributed by atoms with Gasteiger partial charge in [-0.2, -0.15) is 0 Å². The first kappa shape index (κ1) is 21.6. The molecule has 5 nitrogen and oxygen atoms in total. The fraction of sp³-hybridized carbons (Fsp3) is 0.208. The van der Waals surface area contributed by atoms with Gasteiger partial charge in [0.25, 0.3) is 15.9 Å². The fourth-order valence-corrected chi connectivity index (χ4v) is 4.59. The second-order valence-corrected chi connectivity index (χ2v) is 9.06.